The summed E-state index contributed by atoms with van der Waals surface area (Å²) in [5, 5.41) is 0. The standard InChI is InChI=1S/C16H28O/c17-16-12-10-8-6-4-2-1-3-5-7-9-11-14-13-15(14)16/h14-15H,1-13H2/t14-,15+/m1/s1. The quantitative estimate of drug-likeness (QED) is 0.585. The van der Waals surface area contributed by atoms with Gasteiger partial charge in [-0.1, -0.05) is 57.8 Å². The first-order valence-corrected chi connectivity index (χ1v) is 7.90. The summed E-state index contributed by atoms with van der Waals surface area (Å²) in [5.74, 6) is 1.86. The molecule has 2 saturated carbocycles. The maximum Gasteiger partial charge on any atom is 0.136 e. The van der Waals surface area contributed by atoms with Crippen LogP contribution in [0.15, 0.2) is 0 Å². The summed E-state index contributed by atoms with van der Waals surface area (Å²) in [7, 11) is 0. The van der Waals surface area contributed by atoms with E-state index in [-0.39, 0.29) is 0 Å². The fourth-order valence-electron chi connectivity index (χ4n) is 3.27. The van der Waals surface area contributed by atoms with Crippen molar-refractivity contribution in [3.63, 3.8) is 0 Å². The molecule has 0 aromatic heterocycles. The van der Waals surface area contributed by atoms with Crippen LogP contribution in [0.1, 0.15) is 83.5 Å². The van der Waals surface area contributed by atoms with Gasteiger partial charge in [-0.15, -0.1) is 0 Å². The van der Waals surface area contributed by atoms with Gasteiger partial charge in [0.05, 0.1) is 0 Å². The van der Waals surface area contributed by atoms with E-state index in [1.54, 1.807) is 0 Å². The second-order valence-corrected chi connectivity index (χ2v) is 6.14. The maximum absolute atomic E-state index is 11.9. The summed E-state index contributed by atoms with van der Waals surface area (Å²) in [6, 6.07) is 0. The van der Waals surface area contributed by atoms with Gasteiger partial charge in [0.25, 0.3) is 0 Å². The van der Waals surface area contributed by atoms with E-state index in [1.807, 2.05) is 0 Å². The van der Waals surface area contributed by atoms with Gasteiger partial charge in [-0.2, -0.15) is 0 Å². The highest BCUT2D eigenvalue weighted by Crippen LogP contribution is 2.44. The summed E-state index contributed by atoms with van der Waals surface area (Å²) in [6.45, 7) is 0. The van der Waals surface area contributed by atoms with E-state index in [0.29, 0.717) is 11.7 Å². The fraction of sp³-hybridized carbons (Fsp3) is 0.938. The van der Waals surface area contributed by atoms with E-state index in [9.17, 15) is 4.79 Å². The number of hydrogen-bond donors (Lipinski definition) is 0. The Kier molecular flexibility index (Phi) is 5.54. The molecule has 0 unspecified atom stereocenters. The molecule has 2 aliphatic carbocycles. The first-order valence-electron chi connectivity index (χ1n) is 7.90. The zero-order valence-electron chi connectivity index (χ0n) is 11.3. The van der Waals surface area contributed by atoms with Gasteiger partial charge in [-0.25, -0.2) is 0 Å². The second-order valence-electron chi connectivity index (χ2n) is 6.14. The molecular weight excluding hydrogens is 208 g/mol. The Morgan fingerprint density at radius 1 is 0.706 bits per heavy atom. The molecule has 2 aliphatic rings. The van der Waals surface area contributed by atoms with Crippen LogP contribution >= 0.6 is 0 Å². The van der Waals surface area contributed by atoms with E-state index in [4.69, 9.17) is 0 Å². The van der Waals surface area contributed by atoms with Gasteiger partial charge >= 0.3 is 0 Å². The van der Waals surface area contributed by atoms with Crippen LogP contribution in [0.4, 0.5) is 0 Å². The Balaban J connectivity index is 1.69. The first kappa shape index (κ1) is 13.1. The average molecular weight is 236 g/mol. The molecule has 0 spiro atoms. The molecule has 2 atom stereocenters. The highest BCUT2D eigenvalue weighted by Gasteiger charge is 2.40. The molecular formula is C16H28O. The van der Waals surface area contributed by atoms with Crippen molar-refractivity contribution in [2.45, 2.75) is 83.5 Å². The predicted molar refractivity (Wildman–Crippen MR) is 72.0 cm³/mol. The van der Waals surface area contributed by atoms with Gasteiger partial charge in [0.1, 0.15) is 5.78 Å². The molecule has 17 heavy (non-hydrogen) atoms. The van der Waals surface area contributed by atoms with Crippen molar-refractivity contribution in [2.75, 3.05) is 0 Å². The number of carbonyl (C=O) groups excluding carboxylic acids is 1. The van der Waals surface area contributed by atoms with Crippen molar-refractivity contribution in [1.82, 2.24) is 0 Å². The molecule has 0 radical (unpaired) electrons. The van der Waals surface area contributed by atoms with Crippen molar-refractivity contribution in [2.24, 2.45) is 11.8 Å². The number of fused-ring (bicyclic) bond motifs is 1. The van der Waals surface area contributed by atoms with Crippen LogP contribution in [0.3, 0.4) is 0 Å². The zero-order chi connectivity index (χ0) is 11.9. The lowest BCUT2D eigenvalue weighted by Gasteiger charge is -2.01. The van der Waals surface area contributed by atoms with Gasteiger partial charge in [0.2, 0.25) is 0 Å². The molecule has 98 valence electrons. The topological polar surface area (TPSA) is 17.1 Å². The van der Waals surface area contributed by atoms with Crippen LogP contribution < -0.4 is 0 Å². The van der Waals surface area contributed by atoms with Gasteiger partial charge in [0.15, 0.2) is 0 Å². The van der Waals surface area contributed by atoms with Crippen molar-refractivity contribution in [1.29, 1.82) is 0 Å². The van der Waals surface area contributed by atoms with Crippen molar-refractivity contribution >= 4 is 5.78 Å². The van der Waals surface area contributed by atoms with Crippen molar-refractivity contribution in [3.05, 3.63) is 0 Å². The lowest BCUT2D eigenvalue weighted by Crippen LogP contribution is -2.02. The minimum absolute atomic E-state index is 0.486. The summed E-state index contributed by atoms with van der Waals surface area (Å²) in [4.78, 5) is 11.9. The third-order valence-electron chi connectivity index (χ3n) is 4.58. The summed E-state index contributed by atoms with van der Waals surface area (Å²) in [5.41, 5.74) is 0. The number of rotatable bonds is 0. The van der Waals surface area contributed by atoms with Crippen molar-refractivity contribution in [3.8, 4) is 0 Å². The molecule has 2 fully saturated rings. The van der Waals surface area contributed by atoms with Crippen LogP contribution in [-0.4, -0.2) is 5.78 Å². The normalized spacial score (nSPS) is 33.3. The molecule has 0 amide bonds. The first-order chi connectivity index (χ1) is 8.38. The molecule has 2 rings (SSSR count). The zero-order valence-corrected chi connectivity index (χ0v) is 11.3. The highest BCUT2D eigenvalue weighted by atomic mass is 16.1. The van der Waals surface area contributed by atoms with E-state index in [2.05, 4.69) is 0 Å². The Bertz CT molecular complexity index is 234. The molecule has 1 nitrogen and oxygen atoms in total. The Hall–Kier alpha value is -0.330. The van der Waals surface area contributed by atoms with Crippen LogP contribution in [0.2, 0.25) is 0 Å². The van der Waals surface area contributed by atoms with Crippen LogP contribution in [0.5, 0.6) is 0 Å². The van der Waals surface area contributed by atoms with Crippen LogP contribution in [0.25, 0.3) is 0 Å². The molecule has 0 bridgehead atoms. The van der Waals surface area contributed by atoms with Crippen molar-refractivity contribution < 1.29 is 4.79 Å². The fourth-order valence-corrected chi connectivity index (χ4v) is 3.27. The maximum atomic E-state index is 11.9. The summed E-state index contributed by atoms with van der Waals surface area (Å²) >= 11 is 0. The van der Waals surface area contributed by atoms with E-state index < -0.39 is 0 Å². The molecule has 0 saturated heterocycles. The van der Waals surface area contributed by atoms with Gasteiger partial charge in [-0.3, -0.25) is 4.79 Å². The third kappa shape index (κ3) is 4.81. The molecule has 0 aromatic rings. The minimum Gasteiger partial charge on any atom is -0.299 e. The minimum atomic E-state index is 0.486. The second kappa shape index (κ2) is 7.18. The van der Waals surface area contributed by atoms with E-state index in [1.165, 1.54) is 70.6 Å². The van der Waals surface area contributed by atoms with Gasteiger partial charge < -0.3 is 0 Å². The van der Waals surface area contributed by atoms with Gasteiger partial charge in [0, 0.05) is 12.3 Å². The number of hydrogen-bond acceptors (Lipinski definition) is 1. The number of carbonyl (C=O) groups is 1. The lowest BCUT2D eigenvalue weighted by atomic mass is 10.0. The smallest absolute Gasteiger partial charge is 0.136 e. The van der Waals surface area contributed by atoms with E-state index >= 15 is 0 Å². The summed E-state index contributed by atoms with van der Waals surface area (Å²) in [6.07, 6.45) is 17.1. The van der Waals surface area contributed by atoms with Crippen LogP contribution in [0, 0.1) is 11.8 Å². The predicted octanol–water partition coefficient (Wildman–Crippen LogP) is 4.89. The molecule has 0 aromatic carbocycles. The molecule has 0 aliphatic heterocycles. The van der Waals surface area contributed by atoms with Crippen LogP contribution in [-0.2, 0) is 4.79 Å². The monoisotopic (exact) mass is 236 g/mol. The Labute approximate surface area is 106 Å². The Morgan fingerprint density at radius 3 is 1.88 bits per heavy atom. The molecule has 0 N–H and O–H groups in total. The summed E-state index contributed by atoms with van der Waals surface area (Å²) < 4.78 is 0. The number of Topliss-reactive ketones (excluding diaryl/α,β-unsaturated/α-hetero) is 1. The Morgan fingerprint density at radius 2 is 1.24 bits per heavy atom. The van der Waals surface area contributed by atoms with Gasteiger partial charge in [-0.05, 0) is 25.2 Å². The SMILES string of the molecule is O=C1CCCCCCCCCCCC[C@@H]2C[C@H]12. The highest BCUT2D eigenvalue weighted by molar-refractivity contribution is 5.83. The average Bonchev–Trinajstić information content (AvgIpc) is 3.08. The third-order valence-corrected chi connectivity index (χ3v) is 4.58. The molecule has 1 heteroatoms. The lowest BCUT2D eigenvalue weighted by molar-refractivity contribution is -0.120. The molecule has 0 heterocycles. The number of ketones is 1. The largest absolute Gasteiger partial charge is 0.299 e. The van der Waals surface area contributed by atoms with E-state index in [0.717, 1.165) is 18.8 Å².